The maximum atomic E-state index is 12.4. The zero-order chi connectivity index (χ0) is 11.9. The fourth-order valence-electron chi connectivity index (χ4n) is 1.86. The molecule has 16 heavy (non-hydrogen) atoms. The molecule has 0 aliphatic rings. The minimum atomic E-state index is -2.41. The van der Waals surface area contributed by atoms with Gasteiger partial charge in [-0.1, -0.05) is 0 Å². The number of nitrogen functional groups attached to an aromatic ring is 1. The monoisotopic (exact) mass is 226 g/mol. The van der Waals surface area contributed by atoms with Gasteiger partial charge in [-0.15, -0.1) is 0 Å². The maximum Gasteiger partial charge on any atom is 0.256 e. The number of alkyl halides is 2. The number of aryl methyl sites for hydroxylation is 1. The summed E-state index contributed by atoms with van der Waals surface area (Å²) in [5, 5.41) is 0.667. The standard InChI is InChI=1S/C10H12F2N4/c1-5-6(2)16(3-7(11)12)10-8(5)9(13)14-4-15-10/h4,7H,3H2,1-2H3,(H2,13,14,15). The molecule has 0 amide bonds. The van der Waals surface area contributed by atoms with E-state index in [9.17, 15) is 8.78 Å². The Bertz CT molecular complexity index is 533. The van der Waals surface area contributed by atoms with Crippen LogP contribution in [-0.2, 0) is 6.54 Å². The van der Waals surface area contributed by atoms with E-state index in [-0.39, 0.29) is 6.54 Å². The van der Waals surface area contributed by atoms with Crippen molar-refractivity contribution in [1.29, 1.82) is 0 Å². The van der Waals surface area contributed by atoms with Crippen LogP contribution < -0.4 is 5.73 Å². The van der Waals surface area contributed by atoms with Gasteiger partial charge in [-0.2, -0.15) is 0 Å². The second-order valence-corrected chi connectivity index (χ2v) is 3.67. The number of halogens is 2. The number of anilines is 1. The summed E-state index contributed by atoms with van der Waals surface area (Å²) < 4.78 is 26.4. The number of fused-ring (bicyclic) bond motifs is 1. The second kappa shape index (κ2) is 3.70. The predicted molar refractivity (Wildman–Crippen MR) is 57.4 cm³/mol. The van der Waals surface area contributed by atoms with Crippen molar-refractivity contribution in [2.75, 3.05) is 5.73 Å². The van der Waals surface area contributed by atoms with Gasteiger partial charge in [-0.05, 0) is 19.4 Å². The van der Waals surface area contributed by atoms with Crippen molar-refractivity contribution in [3.05, 3.63) is 17.6 Å². The first-order chi connectivity index (χ1) is 7.52. The molecule has 2 aromatic heterocycles. The van der Waals surface area contributed by atoms with Gasteiger partial charge in [0.05, 0.1) is 11.9 Å². The second-order valence-electron chi connectivity index (χ2n) is 3.67. The smallest absolute Gasteiger partial charge is 0.256 e. The molecular weight excluding hydrogens is 214 g/mol. The lowest BCUT2D eigenvalue weighted by atomic mass is 10.2. The fourth-order valence-corrected chi connectivity index (χ4v) is 1.86. The van der Waals surface area contributed by atoms with Crippen LogP contribution in [0.2, 0.25) is 0 Å². The molecule has 6 heteroatoms. The summed E-state index contributed by atoms with van der Waals surface area (Å²) in [4.78, 5) is 7.88. The Hall–Kier alpha value is -1.72. The van der Waals surface area contributed by atoms with Crippen LogP contribution in [0.25, 0.3) is 11.0 Å². The topological polar surface area (TPSA) is 56.7 Å². The SMILES string of the molecule is Cc1c(C)n(CC(F)F)c2ncnc(N)c12. The lowest BCUT2D eigenvalue weighted by Gasteiger charge is -2.06. The summed E-state index contributed by atoms with van der Waals surface area (Å²) in [5.74, 6) is 0.332. The van der Waals surface area contributed by atoms with Gasteiger partial charge >= 0.3 is 0 Å². The minimum absolute atomic E-state index is 0.332. The van der Waals surface area contributed by atoms with Crippen LogP contribution in [-0.4, -0.2) is 21.0 Å². The lowest BCUT2D eigenvalue weighted by Crippen LogP contribution is -2.08. The Morgan fingerprint density at radius 2 is 2.06 bits per heavy atom. The molecule has 2 heterocycles. The van der Waals surface area contributed by atoms with E-state index in [1.54, 1.807) is 6.92 Å². The van der Waals surface area contributed by atoms with Crippen molar-refractivity contribution in [3.63, 3.8) is 0 Å². The summed E-state index contributed by atoms with van der Waals surface area (Å²) in [6.07, 6.45) is -1.12. The molecule has 0 spiro atoms. The molecule has 0 aliphatic heterocycles. The third-order valence-corrected chi connectivity index (χ3v) is 2.76. The summed E-state index contributed by atoms with van der Waals surface area (Å²) in [6, 6.07) is 0. The summed E-state index contributed by atoms with van der Waals surface area (Å²) in [7, 11) is 0. The van der Waals surface area contributed by atoms with Crippen LogP contribution >= 0.6 is 0 Å². The van der Waals surface area contributed by atoms with Crippen molar-refractivity contribution in [3.8, 4) is 0 Å². The van der Waals surface area contributed by atoms with E-state index in [2.05, 4.69) is 9.97 Å². The van der Waals surface area contributed by atoms with Gasteiger partial charge in [0.25, 0.3) is 6.43 Å². The highest BCUT2D eigenvalue weighted by molar-refractivity contribution is 5.90. The van der Waals surface area contributed by atoms with E-state index in [0.717, 1.165) is 11.3 Å². The molecule has 0 radical (unpaired) electrons. The van der Waals surface area contributed by atoms with E-state index in [0.29, 0.717) is 16.9 Å². The normalized spacial score (nSPS) is 11.6. The van der Waals surface area contributed by atoms with Gasteiger partial charge in [-0.3, -0.25) is 0 Å². The zero-order valence-electron chi connectivity index (χ0n) is 9.04. The first-order valence-corrected chi connectivity index (χ1v) is 4.86. The first kappa shape index (κ1) is 10.8. The highest BCUT2D eigenvalue weighted by atomic mass is 19.3. The van der Waals surface area contributed by atoms with Gasteiger partial charge in [0.15, 0.2) is 0 Å². The van der Waals surface area contributed by atoms with Crippen LogP contribution in [0.3, 0.4) is 0 Å². The van der Waals surface area contributed by atoms with Gasteiger partial charge in [-0.25, -0.2) is 18.7 Å². The first-order valence-electron chi connectivity index (χ1n) is 4.86. The van der Waals surface area contributed by atoms with Crippen molar-refractivity contribution < 1.29 is 8.78 Å². The Labute approximate surface area is 91.1 Å². The van der Waals surface area contributed by atoms with Crippen LogP contribution in [0.1, 0.15) is 11.3 Å². The van der Waals surface area contributed by atoms with Crippen LogP contribution in [0.15, 0.2) is 6.33 Å². The highest BCUT2D eigenvalue weighted by Crippen LogP contribution is 2.27. The van der Waals surface area contributed by atoms with Gasteiger partial charge in [0.2, 0.25) is 0 Å². The average Bonchev–Trinajstić information content (AvgIpc) is 2.44. The summed E-state index contributed by atoms with van der Waals surface area (Å²) in [6.45, 7) is 3.24. The molecular formula is C10H12F2N4. The van der Waals surface area contributed by atoms with Crippen molar-refractivity contribution in [1.82, 2.24) is 14.5 Å². The molecule has 4 nitrogen and oxygen atoms in total. The summed E-state index contributed by atoms with van der Waals surface area (Å²) in [5.41, 5.74) is 7.80. The van der Waals surface area contributed by atoms with E-state index < -0.39 is 6.43 Å². The number of hydrogen-bond acceptors (Lipinski definition) is 3. The molecule has 0 bridgehead atoms. The number of hydrogen-bond donors (Lipinski definition) is 1. The van der Waals surface area contributed by atoms with E-state index in [1.807, 2.05) is 6.92 Å². The van der Waals surface area contributed by atoms with Crippen molar-refractivity contribution >= 4 is 16.9 Å². The van der Waals surface area contributed by atoms with E-state index >= 15 is 0 Å². The summed E-state index contributed by atoms with van der Waals surface area (Å²) >= 11 is 0. The fraction of sp³-hybridized carbons (Fsp3) is 0.400. The molecule has 2 N–H and O–H groups in total. The van der Waals surface area contributed by atoms with Crippen molar-refractivity contribution in [2.45, 2.75) is 26.8 Å². The van der Waals surface area contributed by atoms with Gasteiger partial charge < -0.3 is 10.3 Å². The molecule has 0 aromatic carbocycles. The molecule has 0 saturated carbocycles. The molecule has 0 saturated heterocycles. The average molecular weight is 226 g/mol. The van der Waals surface area contributed by atoms with E-state index in [1.165, 1.54) is 10.9 Å². The number of nitrogens with two attached hydrogens (primary N) is 1. The molecule has 0 aliphatic carbocycles. The van der Waals surface area contributed by atoms with Gasteiger partial charge in [0.1, 0.15) is 17.8 Å². The van der Waals surface area contributed by atoms with Gasteiger partial charge in [0, 0.05) is 5.69 Å². The molecule has 0 atom stereocenters. The molecule has 0 fully saturated rings. The quantitative estimate of drug-likeness (QED) is 0.850. The Balaban J connectivity index is 2.74. The molecule has 0 unspecified atom stereocenters. The van der Waals surface area contributed by atoms with E-state index in [4.69, 9.17) is 5.73 Å². The largest absolute Gasteiger partial charge is 0.383 e. The Morgan fingerprint density at radius 3 is 2.69 bits per heavy atom. The minimum Gasteiger partial charge on any atom is -0.383 e. The third kappa shape index (κ3) is 1.50. The Kier molecular flexibility index (Phi) is 2.49. The number of aromatic nitrogens is 3. The molecule has 86 valence electrons. The number of nitrogens with zero attached hydrogens (tertiary/aromatic N) is 3. The van der Waals surface area contributed by atoms with Crippen LogP contribution in [0, 0.1) is 13.8 Å². The molecule has 2 rings (SSSR count). The van der Waals surface area contributed by atoms with Crippen molar-refractivity contribution in [2.24, 2.45) is 0 Å². The number of rotatable bonds is 2. The third-order valence-electron chi connectivity index (χ3n) is 2.76. The highest BCUT2D eigenvalue weighted by Gasteiger charge is 2.17. The van der Waals surface area contributed by atoms with Crippen LogP contribution in [0.4, 0.5) is 14.6 Å². The maximum absolute atomic E-state index is 12.4. The van der Waals surface area contributed by atoms with Crippen LogP contribution in [0.5, 0.6) is 0 Å². The Morgan fingerprint density at radius 1 is 1.38 bits per heavy atom. The lowest BCUT2D eigenvalue weighted by molar-refractivity contribution is 0.127. The predicted octanol–water partition coefficient (Wildman–Crippen LogP) is 1.90. The zero-order valence-corrected chi connectivity index (χ0v) is 9.04. The molecule has 2 aromatic rings.